The fourth-order valence-corrected chi connectivity index (χ4v) is 2.99. The third-order valence-corrected chi connectivity index (χ3v) is 4.07. The summed E-state index contributed by atoms with van der Waals surface area (Å²) in [5.74, 6) is 0.489. The zero-order chi connectivity index (χ0) is 14.7. The van der Waals surface area contributed by atoms with Crippen LogP contribution in [0.5, 0.6) is 5.75 Å². The van der Waals surface area contributed by atoms with E-state index in [1.807, 2.05) is 37.2 Å². The summed E-state index contributed by atoms with van der Waals surface area (Å²) in [4.78, 5) is 14.8. The van der Waals surface area contributed by atoms with Gasteiger partial charge in [-0.25, -0.2) is 0 Å². The van der Waals surface area contributed by atoms with E-state index in [1.54, 1.807) is 7.11 Å². The molecule has 5 nitrogen and oxygen atoms in total. The zero-order valence-electron chi connectivity index (χ0n) is 11.9. The Morgan fingerprint density at radius 3 is 2.85 bits per heavy atom. The molecule has 0 saturated heterocycles. The number of carbonyl (C=O) groups is 1. The van der Waals surface area contributed by atoms with E-state index in [9.17, 15) is 4.79 Å². The minimum absolute atomic E-state index is 0.108. The van der Waals surface area contributed by atoms with Crippen LogP contribution in [-0.2, 0) is 0 Å². The number of nitrogens with one attached hydrogen (secondary N) is 1. The van der Waals surface area contributed by atoms with Crippen molar-refractivity contribution >= 4 is 33.0 Å². The molecule has 1 amide bonds. The second-order valence-corrected chi connectivity index (χ2v) is 5.83. The Kier molecular flexibility index (Phi) is 4.46. The number of anilines is 1. The van der Waals surface area contributed by atoms with Crippen molar-refractivity contribution in [2.75, 3.05) is 40.0 Å². The van der Waals surface area contributed by atoms with Gasteiger partial charge in [0, 0.05) is 28.9 Å². The maximum absolute atomic E-state index is 12.2. The van der Waals surface area contributed by atoms with Gasteiger partial charge in [0.05, 0.1) is 7.11 Å². The van der Waals surface area contributed by atoms with Crippen LogP contribution in [0.3, 0.4) is 0 Å². The van der Waals surface area contributed by atoms with E-state index in [-0.39, 0.29) is 5.91 Å². The third-order valence-electron chi connectivity index (χ3n) is 2.92. The highest BCUT2D eigenvalue weighted by Gasteiger charge is 2.19. The molecule has 0 spiro atoms. The number of nitrogens with zero attached hydrogens (tertiary/aromatic N) is 1. The van der Waals surface area contributed by atoms with Gasteiger partial charge in [-0.1, -0.05) is 0 Å². The summed E-state index contributed by atoms with van der Waals surface area (Å²) in [6.45, 7) is 1.40. The average molecular weight is 293 g/mol. The molecule has 3 N–H and O–H groups in total. The number of rotatable bonds is 5. The van der Waals surface area contributed by atoms with Crippen molar-refractivity contribution in [2.45, 2.75) is 0 Å². The van der Waals surface area contributed by atoms with Crippen LogP contribution < -0.4 is 15.8 Å². The van der Waals surface area contributed by atoms with Crippen molar-refractivity contribution in [3.63, 3.8) is 0 Å². The minimum atomic E-state index is -0.108. The summed E-state index contributed by atoms with van der Waals surface area (Å²) in [5.41, 5.74) is 6.45. The normalized spacial score (nSPS) is 11.0. The number of carbonyl (C=O) groups excluding carboxylic acids is 1. The summed E-state index contributed by atoms with van der Waals surface area (Å²) in [5, 5.41) is 3.78. The maximum atomic E-state index is 12.2. The van der Waals surface area contributed by atoms with Gasteiger partial charge in [0.2, 0.25) is 0 Å². The number of amides is 1. The van der Waals surface area contributed by atoms with Gasteiger partial charge in [-0.05, 0) is 32.3 Å². The maximum Gasteiger partial charge on any atom is 0.265 e. The van der Waals surface area contributed by atoms with Gasteiger partial charge >= 0.3 is 0 Å². The predicted molar refractivity (Wildman–Crippen MR) is 83.7 cm³/mol. The summed E-state index contributed by atoms with van der Waals surface area (Å²) in [7, 11) is 5.51. The fourth-order valence-electron chi connectivity index (χ4n) is 1.92. The number of likely N-dealkylation sites (N-methyl/N-ethyl adjacent to an activating group) is 1. The Balaban J connectivity index is 2.27. The Bertz CT molecular complexity index is 622. The van der Waals surface area contributed by atoms with Crippen LogP contribution in [0.2, 0.25) is 0 Å². The molecule has 2 aromatic rings. The molecule has 0 aliphatic carbocycles. The second-order valence-electron chi connectivity index (χ2n) is 4.78. The first-order valence-corrected chi connectivity index (χ1v) is 7.13. The molecule has 1 aromatic heterocycles. The molecule has 0 atom stereocenters. The van der Waals surface area contributed by atoms with Crippen LogP contribution in [-0.4, -0.2) is 45.1 Å². The van der Waals surface area contributed by atoms with Crippen LogP contribution in [0.4, 0.5) is 5.69 Å². The molecule has 0 fully saturated rings. The first kappa shape index (κ1) is 14.6. The SMILES string of the molecule is COc1c(C(=O)NCCN(C)C)sc2ccc(N)cc12. The van der Waals surface area contributed by atoms with Crippen molar-refractivity contribution in [1.29, 1.82) is 0 Å². The van der Waals surface area contributed by atoms with Gasteiger partial charge in [0.25, 0.3) is 5.91 Å². The number of nitrogens with two attached hydrogens (primary N) is 1. The number of ether oxygens (including phenoxy) is 1. The summed E-state index contributed by atoms with van der Waals surface area (Å²) < 4.78 is 6.38. The highest BCUT2D eigenvalue weighted by molar-refractivity contribution is 7.21. The van der Waals surface area contributed by atoms with Crippen molar-refractivity contribution in [3.05, 3.63) is 23.1 Å². The van der Waals surface area contributed by atoms with Crippen LogP contribution >= 0.6 is 11.3 Å². The predicted octanol–water partition coefficient (Wildman–Crippen LogP) is 1.78. The fraction of sp³-hybridized carbons (Fsp3) is 0.357. The van der Waals surface area contributed by atoms with Crippen molar-refractivity contribution in [2.24, 2.45) is 0 Å². The standard InChI is InChI=1S/C14H19N3O2S/c1-17(2)7-6-16-14(18)13-12(19-3)10-8-9(15)4-5-11(10)20-13/h4-5,8H,6-7,15H2,1-3H3,(H,16,18). The van der Waals surface area contributed by atoms with Crippen molar-refractivity contribution in [3.8, 4) is 5.75 Å². The van der Waals surface area contributed by atoms with E-state index in [2.05, 4.69) is 5.32 Å². The molecule has 6 heteroatoms. The highest BCUT2D eigenvalue weighted by atomic mass is 32.1. The lowest BCUT2D eigenvalue weighted by Gasteiger charge is -2.10. The summed E-state index contributed by atoms with van der Waals surface area (Å²) >= 11 is 1.42. The molecule has 0 aliphatic rings. The summed E-state index contributed by atoms with van der Waals surface area (Å²) in [6.07, 6.45) is 0. The van der Waals surface area contributed by atoms with E-state index in [0.29, 0.717) is 22.9 Å². The Labute approximate surface area is 122 Å². The molecule has 2 rings (SSSR count). The monoisotopic (exact) mass is 293 g/mol. The van der Waals surface area contributed by atoms with E-state index >= 15 is 0 Å². The third kappa shape index (κ3) is 3.02. The lowest BCUT2D eigenvalue weighted by Crippen LogP contribution is -2.31. The van der Waals surface area contributed by atoms with Crippen molar-refractivity contribution < 1.29 is 9.53 Å². The molecule has 0 aliphatic heterocycles. The van der Waals surface area contributed by atoms with Crippen LogP contribution in [0.25, 0.3) is 10.1 Å². The van der Waals surface area contributed by atoms with E-state index < -0.39 is 0 Å². The largest absolute Gasteiger partial charge is 0.494 e. The first-order chi connectivity index (χ1) is 9.52. The smallest absolute Gasteiger partial charge is 0.265 e. The zero-order valence-corrected chi connectivity index (χ0v) is 12.7. The first-order valence-electron chi connectivity index (χ1n) is 6.32. The van der Waals surface area contributed by atoms with Gasteiger partial charge < -0.3 is 20.7 Å². The molecule has 1 aromatic carbocycles. The van der Waals surface area contributed by atoms with E-state index in [1.165, 1.54) is 11.3 Å². The molecule has 108 valence electrons. The number of thiophene rings is 1. The Morgan fingerprint density at radius 1 is 1.45 bits per heavy atom. The Hall–Kier alpha value is -1.79. The van der Waals surface area contributed by atoms with Crippen LogP contribution in [0.15, 0.2) is 18.2 Å². The van der Waals surface area contributed by atoms with E-state index in [4.69, 9.17) is 10.5 Å². The molecule has 0 bridgehead atoms. The highest BCUT2D eigenvalue weighted by Crippen LogP contribution is 2.38. The van der Waals surface area contributed by atoms with Gasteiger partial charge in [-0.15, -0.1) is 11.3 Å². The quantitative estimate of drug-likeness (QED) is 0.825. The Morgan fingerprint density at radius 2 is 2.20 bits per heavy atom. The number of benzene rings is 1. The lowest BCUT2D eigenvalue weighted by atomic mass is 10.2. The molecule has 1 heterocycles. The molecule has 20 heavy (non-hydrogen) atoms. The number of hydrogen-bond donors (Lipinski definition) is 2. The second kappa shape index (κ2) is 6.11. The van der Waals surface area contributed by atoms with Crippen LogP contribution in [0, 0.1) is 0 Å². The van der Waals surface area contributed by atoms with Gasteiger partial charge in [-0.2, -0.15) is 0 Å². The number of nitrogen functional groups attached to an aromatic ring is 1. The molecular formula is C14H19N3O2S. The molecule has 0 saturated carbocycles. The van der Waals surface area contributed by atoms with E-state index in [0.717, 1.165) is 16.6 Å². The number of methoxy groups -OCH3 is 1. The molecular weight excluding hydrogens is 274 g/mol. The minimum Gasteiger partial charge on any atom is -0.494 e. The van der Waals surface area contributed by atoms with Crippen molar-refractivity contribution in [1.82, 2.24) is 10.2 Å². The molecule has 0 unspecified atom stereocenters. The van der Waals surface area contributed by atoms with Crippen LogP contribution in [0.1, 0.15) is 9.67 Å². The topological polar surface area (TPSA) is 67.6 Å². The number of fused-ring (bicyclic) bond motifs is 1. The van der Waals surface area contributed by atoms with Gasteiger partial charge in [0.15, 0.2) is 0 Å². The average Bonchev–Trinajstić information content (AvgIpc) is 2.75. The van der Waals surface area contributed by atoms with Gasteiger partial charge in [-0.3, -0.25) is 4.79 Å². The van der Waals surface area contributed by atoms with Gasteiger partial charge in [0.1, 0.15) is 10.6 Å². The lowest BCUT2D eigenvalue weighted by molar-refractivity contribution is 0.0952. The summed E-state index contributed by atoms with van der Waals surface area (Å²) in [6, 6.07) is 5.57. The number of hydrogen-bond acceptors (Lipinski definition) is 5. The molecule has 0 radical (unpaired) electrons.